The molecular formula is C17H23N3O. The van der Waals surface area contributed by atoms with Crippen LogP contribution in [0.4, 0.5) is 0 Å². The number of rotatable bonds is 3. The predicted molar refractivity (Wildman–Crippen MR) is 84.1 cm³/mol. The number of carbonyl (C=O) groups is 1. The Bertz CT molecular complexity index is 593. The smallest absolute Gasteiger partial charge is 0.225 e. The van der Waals surface area contributed by atoms with Crippen molar-refractivity contribution in [2.24, 2.45) is 5.92 Å². The molecule has 2 aromatic rings. The van der Waals surface area contributed by atoms with Crippen LogP contribution >= 0.6 is 0 Å². The topological polar surface area (TPSA) is 49.0 Å². The first-order valence-electron chi connectivity index (χ1n) is 7.92. The molecule has 1 aromatic heterocycles. The van der Waals surface area contributed by atoms with Gasteiger partial charge in [-0.2, -0.15) is 0 Å². The molecule has 0 bridgehead atoms. The van der Waals surface area contributed by atoms with E-state index in [4.69, 9.17) is 4.98 Å². The van der Waals surface area contributed by atoms with Gasteiger partial charge < -0.3 is 9.88 Å². The predicted octanol–water partition coefficient (Wildman–Crippen LogP) is 3.32. The lowest BCUT2D eigenvalue weighted by Gasteiger charge is -2.32. The Balaban J connectivity index is 1.67. The minimum atomic E-state index is 0.146. The number of aromatic nitrogens is 2. The number of imidazole rings is 1. The van der Waals surface area contributed by atoms with Gasteiger partial charge in [-0.1, -0.05) is 26.0 Å². The van der Waals surface area contributed by atoms with Crippen molar-refractivity contribution in [3.8, 4) is 0 Å². The summed E-state index contributed by atoms with van der Waals surface area (Å²) in [5, 5.41) is 0. The van der Waals surface area contributed by atoms with Crippen LogP contribution in [-0.2, 0) is 4.79 Å². The first kappa shape index (κ1) is 14.1. The SMILES string of the molecule is CC[C@@H](C)C(=O)N1CCC(c2nc3ccccc3[nH]2)CC1. The van der Waals surface area contributed by atoms with E-state index in [0.717, 1.165) is 49.2 Å². The highest BCUT2D eigenvalue weighted by molar-refractivity contribution is 5.78. The summed E-state index contributed by atoms with van der Waals surface area (Å²) in [6.45, 7) is 5.80. The number of nitrogens with zero attached hydrogens (tertiary/aromatic N) is 2. The molecule has 1 amide bonds. The summed E-state index contributed by atoms with van der Waals surface area (Å²) in [5.41, 5.74) is 2.14. The van der Waals surface area contributed by atoms with Crippen LogP contribution in [0.5, 0.6) is 0 Å². The van der Waals surface area contributed by atoms with Crippen molar-refractivity contribution >= 4 is 16.9 Å². The highest BCUT2D eigenvalue weighted by Gasteiger charge is 2.27. The number of H-pyrrole nitrogens is 1. The Hall–Kier alpha value is -1.84. The normalized spacial score (nSPS) is 18.1. The maximum absolute atomic E-state index is 12.2. The molecule has 4 heteroatoms. The molecule has 1 saturated heterocycles. The molecule has 1 fully saturated rings. The van der Waals surface area contributed by atoms with Gasteiger partial charge in [-0.15, -0.1) is 0 Å². The number of hydrogen-bond acceptors (Lipinski definition) is 2. The van der Waals surface area contributed by atoms with Crippen LogP contribution in [0.1, 0.15) is 44.9 Å². The molecule has 1 aliphatic heterocycles. The lowest BCUT2D eigenvalue weighted by Crippen LogP contribution is -2.40. The number of piperidine rings is 1. The third-order valence-electron chi connectivity index (χ3n) is 4.63. The Kier molecular flexibility index (Phi) is 3.95. The Morgan fingerprint density at radius 2 is 2.10 bits per heavy atom. The van der Waals surface area contributed by atoms with Gasteiger partial charge in [-0.25, -0.2) is 4.98 Å². The van der Waals surface area contributed by atoms with Crippen molar-refractivity contribution in [1.29, 1.82) is 0 Å². The molecule has 1 atom stereocenters. The average molecular weight is 285 g/mol. The summed E-state index contributed by atoms with van der Waals surface area (Å²) in [6.07, 6.45) is 2.92. The highest BCUT2D eigenvalue weighted by atomic mass is 16.2. The summed E-state index contributed by atoms with van der Waals surface area (Å²) >= 11 is 0. The fourth-order valence-corrected chi connectivity index (χ4v) is 3.03. The molecule has 112 valence electrons. The second-order valence-electron chi connectivity index (χ2n) is 6.05. The second kappa shape index (κ2) is 5.88. The first-order valence-corrected chi connectivity index (χ1v) is 7.92. The van der Waals surface area contributed by atoms with E-state index in [1.165, 1.54) is 0 Å². The van der Waals surface area contributed by atoms with E-state index in [9.17, 15) is 4.79 Å². The number of hydrogen-bond donors (Lipinski definition) is 1. The summed E-state index contributed by atoms with van der Waals surface area (Å²) in [6, 6.07) is 8.14. The Morgan fingerprint density at radius 3 is 2.76 bits per heavy atom. The number of amides is 1. The van der Waals surface area contributed by atoms with E-state index in [0.29, 0.717) is 11.8 Å². The molecule has 0 radical (unpaired) electrons. The number of carbonyl (C=O) groups excluding carboxylic acids is 1. The Morgan fingerprint density at radius 1 is 1.38 bits per heavy atom. The summed E-state index contributed by atoms with van der Waals surface area (Å²) in [5.74, 6) is 1.97. The molecule has 3 rings (SSSR count). The average Bonchev–Trinajstić information content (AvgIpc) is 2.97. The van der Waals surface area contributed by atoms with Gasteiger partial charge >= 0.3 is 0 Å². The number of fused-ring (bicyclic) bond motifs is 1. The molecule has 1 aromatic carbocycles. The standard InChI is InChI=1S/C17H23N3O/c1-3-12(2)17(21)20-10-8-13(9-11-20)16-18-14-6-4-5-7-15(14)19-16/h4-7,12-13H,3,8-11H2,1-2H3,(H,18,19)/t12-/m1/s1. The number of para-hydroxylation sites is 2. The van der Waals surface area contributed by atoms with Gasteiger partial charge in [0.15, 0.2) is 0 Å². The quantitative estimate of drug-likeness (QED) is 0.940. The van der Waals surface area contributed by atoms with Gasteiger partial charge in [0, 0.05) is 24.9 Å². The van der Waals surface area contributed by atoms with Crippen LogP contribution in [0.3, 0.4) is 0 Å². The zero-order chi connectivity index (χ0) is 14.8. The summed E-state index contributed by atoms with van der Waals surface area (Å²) in [7, 11) is 0. The molecule has 0 saturated carbocycles. The van der Waals surface area contributed by atoms with Gasteiger partial charge in [0.05, 0.1) is 11.0 Å². The minimum Gasteiger partial charge on any atom is -0.342 e. The lowest BCUT2D eigenvalue weighted by molar-refractivity contribution is -0.136. The zero-order valence-electron chi connectivity index (χ0n) is 12.8. The van der Waals surface area contributed by atoms with E-state index < -0.39 is 0 Å². The van der Waals surface area contributed by atoms with Gasteiger partial charge in [-0.3, -0.25) is 4.79 Å². The molecular weight excluding hydrogens is 262 g/mol. The largest absolute Gasteiger partial charge is 0.342 e. The van der Waals surface area contributed by atoms with Crippen molar-refractivity contribution in [1.82, 2.24) is 14.9 Å². The van der Waals surface area contributed by atoms with Crippen LogP contribution < -0.4 is 0 Å². The molecule has 1 aliphatic rings. The van der Waals surface area contributed by atoms with E-state index in [2.05, 4.69) is 18.0 Å². The van der Waals surface area contributed by atoms with Crippen LogP contribution in [0.15, 0.2) is 24.3 Å². The molecule has 0 aliphatic carbocycles. The van der Waals surface area contributed by atoms with Gasteiger partial charge in [0.1, 0.15) is 5.82 Å². The fraction of sp³-hybridized carbons (Fsp3) is 0.529. The van der Waals surface area contributed by atoms with Crippen molar-refractivity contribution in [3.63, 3.8) is 0 Å². The highest BCUT2D eigenvalue weighted by Crippen LogP contribution is 2.28. The van der Waals surface area contributed by atoms with E-state index in [1.54, 1.807) is 0 Å². The maximum atomic E-state index is 12.2. The van der Waals surface area contributed by atoms with E-state index in [1.807, 2.05) is 30.0 Å². The molecule has 4 nitrogen and oxygen atoms in total. The summed E-state index contributed by atoms with van der Waals surface area (Å²) < 4.78 is 0. The van der Waals surface area contributed by atoms with Crippen molar-refractivity contribution in [2.75, 3.05) is 13.1 Å². The fourth-order valence-electron chi connectivity index (χ4n) is 3.03. The monoisotopic (exact) mass is 285 g/mol. The minimum absolute atomic E-state index is 0.146. The number of nitrogens with one attached hydrogen (secondary N) is 1. The summed E-state index contributed by atoms with van der Waals surface area (Å²) in [4.78, 5) is 22.4. The van der Waals surface area contributed by atoms with Gasteiger partial charge in [0.2, 0.25) is 5.91 Å². The zero-order valence-corrected chi connectivity index (χ0v) is 12.8. The van der Waals surface area contributed by atoms with Crippen LogP contribution in [-0.4, -0.2) is 33.9 Å². The molecule has 21 heavy (non-hydrogen) atoms. The van der Waals surface area contributed by atoms with Crippen molar-refractivity contribution < 1.29 is 4.79 Å². The lowest BCUT2D eigenvalue weighted by atomic mass is 9.95. The van der Waals surface area contributed by atoms with Gasteiger partial charge in [-0.05, 0) is 31.4 Å². The molecule has 1 N–H and O–H groups in total. The third-order valence-corrected chi connectivity index (χ3v) is 4.63. The first-order chi connectivity index (χ1) is 10.2. The molecule has 0 spiro atoms. The van der Waals surface area contributed by atoms with Gasteiger partial charge in [0.25, 0.3) is 0 Å². The van der Waals surface area contributed by atoms with E-state index in [-0.39, 0.29) is 5.92 Å². The Labute approximate surface area is 125 Å². The second-order valence-corrected chi connectivity index (χ2v) is 6.05. The molecule has 2 heterocycles. The molecule has 0 unspecified atom stereocenters. The van der Waals surface area contributed by atoms with Crippen LogP contribution in [0.2, 0.25) is 0 Å². The van der Waals surface area contributed by atoms with E-state index >= 15 is 0 Å². The third kappa shape index (κ3) is 2.80. The maximum Gasteiger partial charge on any atom is 0.225 e. The number of benzene rings is 1. The van der Waals surface area contributed by atoms with Crippen molar-refractivity contribution in [3.05, 3.63) is 30.1 Å². The number of aromatic amines is 1. The van der Waals surface area contributed by atoms with Crippen molar-refractivity contribution in [2.45, 2.75) is 39.0 Å². The number of likely N-dealkylation sites (tertiary alicyclic amines) is 1. The van der Waals surface area contributed by atoms with Crippen LogP contribution in [0.25, 0.3) is 11.0 Å². The van der Waals surface area contributed by atoms with Crippen LogP contribution in [0, 0.1) is 5.92 Å².